The van der Waals surface area contributed by atoms with Gasteiger partial charge in [-0.3, -0.25) is 25.0 Å². The molecule has 0 fully saturated rings. The summed E-state index contributed by atoms with van der Waals surface area (Å²) in [5.41, 5.74) is 2.60. The third-order valence-electron chi connectivity index (χ3n) is 7.02. The molecule has 0 spiro atoms. The number of alkyl carbamates (subject to hydrolysis) is 1. The molecule has 6 N–H and O–H groups in total. The van der Waals surface area contributed by atoms with Crippen molar-refractivity contribution < 1.29 is 33.5 Å². The Kier molecular flexibility index (Phi) is 39.4. The summed E-state index contributed by atoms with van der Waals surface area (Å²) < 4.78 is 10.0. The van der Waals surface area contributed by atoms with Gasteiger partial charge in [0.2, 0.25) is 11.8 Å². The number of carbonyl (C=O) groups is 4. The van der Waals surface area contributed by atoms with E-state index in [1.807, 2.05) is 6.92 Å². The van der Waals surface area contributed by atoms with E-state index in [1.165, 1.54) is 0 Å². The van der Waals surface area contributed by atoms with Gasteiger partial charge in [-0.1, -0.05) is 38.5 Å². The third kappa shape index (κ3) is 38.6. The van der Waals surface area contributed by atoms with E-state index >= 15 is 0 Å². The number of hydrogen-bond donors (Lipinski definition) is 6. The van der Waals surface area contributed by atoms with Gasteiger partial charge < -0.3 is 37.2 Å². The Labute approximate surface area is 345 Å². The average molecular weight is 1060 g/mol. The Morgan fingerprint density at radius 1 is 0.576 bits per heavy atom. The number of rotatable bonds is 28. The second kappa shape index (κ2) is 43.3. The van der Waals surface area contributed by atoms with Gasteiger partial charge in [-0.15, -0.1) is 6.42 Å². The number of hydrogen-bond acceptors (Lipinski definition) is 10. The summed E-state index contributed by atoms with van der Waals surface area (Å²) in [6.45, 7) is 9.78. The minimum absolute atomic E-state index is 0. The van der Waals surface area contributed by atoms with Gasteiger partial charge in [0.1, 0.15) is 6.11 Å². The monoisotopic (exact) mass is 1060 g/mol. The van der Waals surface area contributed by atoms with E-state index in [-0.39, 0.29) is 18.2 Å². The molecule has 0 aliphatic heterocycles. The second-order valence-corrected chi connectivity index (χ2v) is 11.6. The number of nitrogens with one attached hydrogen (secondary N) is 6. The first-order valence-corrected chi connectivity index (χ1v) is 19.2. The van der Waals surface area contributed by atoms with Crippen LogP contribution in [0.2, 0.25) is 0 Å². The maximum Gasteiger partial charge on any atom is 0.421 e. The van der Waals surface area contributed by atoms with Crippen molar-refractivity contribution in [2.75, 3.05) is 52.6 Å². The molecule has 1 atom stereocenters. The van der Waals surface area contributed by atoms with Gasteiger partial charge in [0.05, 0.1) is 6.73 Å². The minimum atomic E-state index is -1.01. The second-order valence-electron chi connectivity index (χ2n) is 11.6. The molecule has 0 aliphatic carbocycles. The van der Waals surface area contributed by atoms with Crippen LogP contribution in [0.5, 0.6) is 0 Å². The van der Waals surface area contributed by atoms with E-state index in [9.17, 15) is 19.2 Å². The van der Waals surface area contributed by atoms with E-state index in [0.717, 1.165) is 64.3 Å². The summed E-state index contributed by atoms with van der Waals surface area (Å²) in [6, 6.07) is -1.01. The van der Waals surface area contributed by atoms with Gasteiger partial charge in [0.15, 0.2) is 6.04 Å². The first-order valence-electron chi connectivity index (χ1n) is 19.2. The number of carbonyl (C=O) groups excluding carboxylic acids is 4. The van der Waals surface area contributed by atoms with E-state index < -0.39 is 18.1 Å². The smallest absolute Gasteiger partial charge is 0.374 e. The van der Waals surface area contributed by atoms with Crippen molar-refractivity contribution in [3.63, 3.8) is 0 Å². The number of amides is 3. The van der Waals surface area contributed by atoms with Crippen molar-refractivity contribution in [1.29, 1.82) is 0 Å². The zero-order valence-electron chi connectivity index (χ0n) is 34.1. The van der Waals surface area contributed by atoms with Crippen LogP contribution < -0.4 is 32.1 Å². The molecule has 0 bridgehead atoms. The zero-order chi connectivity index (χ0) is 42.4. The normalized spacial score (nSPS) is 9.10. The largest absolute Gasteiger partial charge is 0.421 e. The van der Waals surface area contributed by atoms with Crippen LogP contribution in [0.1, 0.15) is 84.0 Å². The molecular formula is C45H53N6O7Rf-. The molecule has 14 heteroatoms. The fraction of sp³-hybridized carbons (Fsp3) is 0.489. The first kappa shape index (κ1) is 53.7. The zero-order valence-corrected chi connectivity index (χ0v) is 40.5. The van der Waals surface area contributed by atoms with Crippen LogP contribution in [0.15, 0.2) is 0 Å². The van der Waals surface area contributed by atoms with Gasteiger partial charge in [0, 0.05) is 80.1 Å². The van der Waals surface area contributed by atoms with Gasteiger partial charge in [-0.2, -0.15) is 5.48 Å². The summed E-state index contributed by atoms with van der Waals surface area (Å²) in [5.74, 6) is 37.6. The molecule has 3 amide bonds. The van der Waals surface area contributed by atoms with Gasteiger partial charge >= 0.3 is 6.09 Å². The van der Waals surface area contributed by atoms with Crippen molar-refractivity contribution in [3.8, 4) is 107 Å². The minimum Gasteiger partial charge on any atom is -0.374 e. The molecule has 13 nitrogen and oxygen atoms in total. The summed E-state index contributed by atoms with van der Waals surface area (Å²) in [7, 11) is 0. The number of unbranched alkanes of at least 4 members (excludes halogenated alkanes) is 8. The Morgan fingerprint density at radius 3 is 1.53 bits per heavy atom. The van der Waals surface area contributed by atoms with E-state index in [4.69, 9.17) is 20.7 Å². The van der Waals surface area contributed by atoms with Crippen LogP contribution in [0.3, 0.4) is 0 Å². The SMILES string of the molecule is C#CC#CC#CC#CC#CC#CC#CC#CC#COC(=O)NCCCCCCNC(=O)C(NCCCCCNOC(=O)C[CH2-])C(=O)NCCCCCCNCOCC.[Rf]. The van der Waals surface area contributed by atoms with Crippen LogP contribution in [0, 0.1) is 114 Å². The van der Waals surface area contributed by atoms with Crippen LogP contribution in [0.25, 0.3) is 0 Å². The molecule has 59 heavy (non-hydrogen) atoms. The van der Waals surface area contributed by atoms with Gasteiger partial charge in [-0.25, -0.2) is 4.79 Å². The van der Waals surface area contributed by atoms with Crippen molar-refractivity contribution in [3.05, 3.63) is 6.92 Å². The topological polar surface area (TPSA) is 168 Å². The Hall–Kier alpha value is -7.44. The Balaban J connectivity index is 0. The summed E-state index contributed by atoms with van der Waals surface area (Å²) in [5, 5.41) is 14.7. The predicted octanol–water partition coefficient (Wildman–Crippen LogP) is 1.67. The average Bonchev–Trinajstić information content (AvgIpc) is 3.22. The maximum atomic E-state index is 13.0. The van der Waals surface area contributed by atoms with Crippen molar-refractivity contribution in [2.24, 2.45) is 0 Å². The number of terminal acetylenes is 1. The fourth-order valence-corrected chi connectivity index (χ4v) is 4.20. The molecule has 0 rings (SSSR count). The van der Waals surface area contributed by atoms with E-state index in [1.54, 1.807) is 0 Å². The standard InChI is InChI=1S/C45H53N6O7.Rf/c1-4-7-8-9-10-11-12-13-14-15-16-17-18-19-24-32-39-57-45(55)50-37-29-23-22-28-36-49-44(54)42(47-34-30-25-31-38-51-58-41(52)5-2)43(53)48-35-27-21-20-26-33-46-40-56-6-3;/h1,42,46-47,51H,2,5-6,20-23,25-31,33-38,40H2,3H3,(H,48,53)(H,49,54)(H,50,55);/q-1;. The van der Waals surface area contributed by atoms with Crippen molar-refractivity contribution in [1.82, 2.24) is 32.1 Å². The molecule has 0 aliphatic rings. The molecule has 0 aromatic rings. The molecular weight excluding hydrogens is 1000 g/mol. The van der Waals surface area contributed by atoms with Crippen LogP contribution in [-0.4, -0.2) is 82.5 Å². The predicted molar refractivity (Wildman–Crippen MR) is 223 cm³/mol. The van der Waals surface area contributed by atoms with E-state index in [2.05, 4.69) is 140 Å². The molecule has 0 aromatic carbocycles. The summed E-state index contributed by atoms with van der Waals surface area (Å²) in [4.78, 5) is 53.7. The maximum absolute atomic E-state index is 13.0. The Bertz CT molecular complexity index is 1820. The van der Waals surface area contributed by atoms with Crippen molar-refractivity contribution >= 4 is 23.9 Å². The molecule has 0 radical (unpaired) electrons. The molecule has 0 saturated heterocycles. The summed E-state index contributed by atoms with van der Waals surface area (Å²) in [6.07, 6.45) is 15.6. The third-order valence-corrected chi connectivity index (χ3v) is 7.02. The molecule has 0 saturated carbocycles. The molecule has 0 heterocycles. The first-order chi connectivity index (χ1) is 28.5. The fourth-order valence-electron chi connectivity index (χ4n) is 4.20. The van der Waals surface area contributed by atoms with Crippen molar-refractivity contribution in [2.45, 2.75) is 90.0 Å². The number of hydroxylamine groups is 1. The van der Waals surface area contributed by atoms with Crippen LogP contribution in [-0.2, 0) is 28.7 Å². The van der Waals surface area contributed by atoms with Crippen LogP contribution >= 0.6 is 0 Å². The van der Waals surface area contributed by atoms with E-state index in [0.29, 0.717) is 58.9 Å². The number of ether oxygens (including phenoxy) is 2. The van der Waals surface area contributed by atoms with Crippen LogP contribution in [0.4, 0.5) is 4.79 Å². The quantitative estimate of drug-likeness (QED) is 0.0170. The molecule has 308 valence electrons. The van der Waals surface area contributed by atoms with Gasteiger partial charge in [0.25, 0.3) is 5.97 Å². The van der Waals surface area contributed by atoms with Gasteiger partial charge in [-0.05, 0) is 106 Å². The molecule has 0 aromatic heterocycles. The summed E-state index contributed by atoms with van der Waals surface area (Å²) >= 11 is 0. The molecule has 1 unspecified atom stereocenters. The Morgan fingerprint density at radius 2 is 1.02 bits per heavy atom.